The molecule has 0 atom stereocenters. The molecule has 6 aromatic carbocycles. The first-order valence-corrected chi connectivity index (χ1v) is 11.8. The number of fused-ring (bicyclic) bond motifs is 2. The Balaban J connectivity index is 1.54. The summed E-state index contributed by atoms with van der Waals surface area (Å²) in [5, 5.41) is -0.724. The van der Waals surface area contributed by atoms with Crippen LogP contribution in [0.1, 0.15) is 32.9 Å². The molecule has 0 bridgehead atoms. The summed E-state index contributed by atoms with van der Waals surface area (Å²) in [6.45, 7) is 0. The van der Waals surface area contributed by atoms with E-state index in [0.29, 0.717) is 0 Å². The monoisotopic (exact) mass is 548 g/mol. The number of hydrogen-bond donors (Lipinski definition) is 0. The lowest BCUT2D eigenvalue weighted by Gasteiger charge is -2.22. The topological polar surface area (TPSA) is 35.0 Å². The van der Waals surface area contributed by atoms with Crippen molar-refractivity contribution in [3.05, 3.63) is 145 Å². The van der Waals surface area contributed by atoms with E-state index in [9.17, 15) is 2.74 Å². The van der Waals surface area contributed by atoms with Crippen molar-refractivity contribution in [2.24, 2.45) is 0 Å². The summed E-state index contributed by atoms with van der Waals surface area (Å²) in [6, 6.07) is -20.7. The highest BCUT2D eigenvalue weighted by Gasteiger charge is 2.21. The van der Waals surface area contributed by atoms with Gasteiger partial charge in [0, 0.05) is 27.6 Å². The number of aromatic nitrogens is 2. The molecule has 3 heteroatoms. The molecule has 0 unspecified atom stereocenters. The third kappa shape index (κ3) is 4.16. The van der Waals surface area contributed by atoms with Crippen molar-refractivity contribution in [2.45, 2.75) is 0 Å². The highest BCUT2D eigenvalue weighted by molar-refractivity contribution is 6.04. The van der Waals surface area contributed by atoms with Gasteiger partial charge in [-0.25, -0.2) is 9.97 Å². The zero-order valence-corrected chi connectivity index (χ0v) is 20.3. The van der Waals surface area contributed by atoms with Gasteiger partial charge in [-0.15, -0.1) is 0 Å². The molecule has 0 aliphatic carbocycles. The Morgan fingerprint density at radius 3 is 1.80 bits per heavy atom. The number of nitrogens with zero attached hydrogens (tertiary/aromatic N) is 2. The van der Waals surface area contributed by atoms with Gasteiger partial charge in [-0.2, -0.15) is 0 Å². The van der Waals surface area contributed by atoms with Crippen molar-refractivity contribution in [2.75, 3.05) is 0 Å². The third-order valence-electron chi connectivity index (χ3n) is 5.94. The second-order valence-electron chi connectivity index (χ2n) is 8.38. The number of ether oxygens (including phenoxy) is 1. The minimum atomic E-state index is -1.02. The average Bonchev–Trinajstić information content (AvgIpc) is 3.27. The van der Waals surface area contributed by atoms with E-state index in [1.165, 1.54) is 0 Å². The van der Waals surface area contributed by atoms with E-state index in [1.54, 1.807) is 0 Å². The van der Waals surface area contributed by atoms with Gasteiger partial charge in [-0.05, 0) is 52.3 Å². The molecule has 192 valence electrons. The molecule has 0 saturated heterocycles. The van der Waals surface area contributed by atoms with E-state index in [4.69, 9.17) is 34.9 Å². The van der Waals surface area contributed by atoms with Crippen molar-refractivity contribution in [3.8, 4) is 67.7 Å². The fourth-order valence-electron chi connectivity index (χ4n) is 4.12. The van der Waals surface area contributed by atoms with Crippen LogP contribution in [-0.2, 0) is 0 Å². The summed E-state index contributed by atoms with van der Waals surface area (Å²) in [5.74, 6) is -1.98. The first-order chi connectivity index (χ1) is 30.3. The average molecular weight is 549 g/mol. The predicted octanol–water partition coefficient (Wildman–Crippen LogP) is 10.1. The SMILES string of the molecule is [2H]c1c(-c2c([2H])c([2H])c(-c3c([2H])c([2H])c([2H])c([2H])c3[2H])c([2H])c2[2H])nc(-c2c([2H])c([2H])c([2H])c([2H])c2[2H])nc1-c1c([2H])c([2H])c2c(c1[2H])-c1c([2H])c([2H])c([2H])c3c([2H])c([2H])c([2H])c(c13)O2. The molecule has 0 saturated carbocycles. The molecule has 7 aromatic rings. The van der Waals surface area contributed by atoms with E-state index in [-0.39, 0.29) is 5.39 Å². The molecular weight excluding hydrogens is 500 g/mol. The zero-order valence-electron chi connectivity index (χ0n) is 44.3. The smallest absolute Gasteiger partial charge is 0.160 e. The van der Waals surface area contributed by atoms with E-state index >= 15 is 0 Å². The molecule has 3 nitrogen and oxygen atoms in total. The Labute approximate surface area is 272 Å². The van der Waals surface area contributed by atoms with Crippen LogP contribution in [0.3, 0.4) is 0 Å². The van der Waals surface area contributed by atoms with Crippen LogP contribution < -0.4 is 4.74 Å². The summed E-state index contributed by atoms with van der Waals surface area (Å²) in [7, 11) is 0. The second kappa shape index (κ2) is 9.58. The Morgan fingerprint density at radius 1 is 0.439 bits per heavy atom. The predicted molar refractivity (Wildman–Crippen MR) is 167 cm³/mol. The van der Waals surface area contributed by atoms with Crippen LogP contribution in [-0.4, -0.2) is 9.97 Å². The van der Waals surface area contributed by atoms with Crippen molar-refractivity contribution in [3.63, 3.8) is 0 Å². The Hall–Kier alpha value is -5.54. The van der Waals surface area contributed by atoms with Crippen LogP contribution in [0.25, 0.3) is 66.9 Å². The van der Waals surface area contributed by atoms with Gasteiger partial charge in [0.25, 0.3) is 0 Å². The van der Waals surface area contributed by atoms with Crippen molar-refractivity contribution in [1.82, 2.24) is 9.97 Å². The van der Waals surface area contributed by atoms with Crippen molar-refractivity contribution >= 4 is 10.8 Å². The lowest BCUT2D eigenvalue weighted by Crippen LogP contribution is -1.99. The Morgan fingerprint density at radius 2 is 1.05 bits per heavy atom. The van der Waals surface area contributed by atoms with Gasteiger partial charge in [0.2, 0.25) is 0 Å². The highest BCUT2D eigenvalue weighted by Crippen LogP contribution is 2.47. The highest BCUT2D eigenvalue weighted by atomic mass is 16.5. The van der Waals surface area contributed by atoms with Gasteiger partial charge in [-0.1, -0.05) is 115 Å². The molecule has 0 amide bonds. The van der Waals surface area contributed by atoms with Gasteiger partial charge in [0.1, 0.15) is 11.5 Å². The van der Waals surface area contributed by atoms with Gasteiger partial charge in [0.15, 0.2) is 5.82 Å². The van der Waals surface area contributed by atoms with E-state index in [1.807, 2.05) is 0 Å². The summed E-state index contributed by atoms with van der Waals surface area (Å²) in [5.41, 5.74) is -6.40. The number of hydrogen-bond acceptors (Lipinski definition) is 3. The third-order valence-corrected chi connectivity index (χ3v) is 5.94. The molecular formula is C38H24N2O. The number of benzene rings is 6. The molecule has 0 spiro atoms. The van der Waals surface area contributed by atoms with Gasteiger partial charge in [0.05, 0.1) is 44.3 Å². The minimum Gasteiger partial charge on any atom is -0.456 e. The fraction of sp³-hybridized carbons (Fsp3) is 0. The van der Waals surface area contributed by atoms with Gasteiger partial charge >= 0.3 is 0 Å². The molecule has 0 radical (unpaired) electrons. The fourth-order valence-corrected chi connectivity index (χ4v) is 4.12. The molecule has 0 N–H and O–H groups in total. The molecule has 1 aliphatic heterocycles. The first-order valence-electron chi connectivity index (χ1n) is 23.8. The maximum atomic E-state index is 9.55. The van der Waals surface area contributed by atoms with Crippen LogP contribution in [0, 0.1) is 0 Å². The van der Waals surface area contributed by atoms with Crippen LogP contribution in [0.4, 0.5) is 0 Å². The summed E-state index contributed by atoms with van der Waals surface area (Å²) >= 11 is 0. The molecule has 2 heterocycles. The normalized spacial score (nSPS) is 19.8. The van der Waals surface area contributed by atoms with Gasteiger partial charge in [-0.3, -0.25) is 0 Å². The van der Waals surface area contributed by atoms with Gasteiger partial charge < -0.3 is 4.74 Å². The Kier molecular flexibility index (Phi) is 2.23. The van der Waals surface area contributed by atoms with Crippen LogP contribution in [0.15, 0.2) is 145 Å². The summed E-state index contributed by atoms with van der Waals surface area (Å²) < 4.78 is 214. The molecule has 0 fully saturated rings. The van der Waals surface area contributed by atoms with E-state index < -0.39 is 218 Å². The molecule has 8 rings (SSSR count). The molecule has 1 aromatic heterocycles. The van der Waals surface area contributed by atoms with Crippen LogP contribution in [0.2, 0.25) is 0 Å². The lowest BCUT2D eigenvalue weighted by atomic mass is 9.93. The maximum absolute atomic E-state index is 9.55. The quantitative estimate of drug-likeness (QED) is 0.219. The second-order valence-corrected chi connectivity index (χ2v) is 8.38. The van der Waals surface area contributed by atoms with E-state index in [2.05, 4.69) is 9.97 Å². The Bertz CT molecular complexity index is 3310. The first kappa shape index (κ1) is 9.53. The van der Waals surface area contributed by atoms with E-state index in [0.717, 1.165) is 0 Å². The van der Waals surface area contributed by atoms with Crippen molar-refractivity contribution in [1.29, 1.82) is 0 Å². The summed E-state index contributed by atoms with van der Waals surface area (Å²) in [6.07, 6.45) is 0. The molecule has 41 heavy (non-hydrogen) atoms. The molecule has 1 aliphatic rings. The zero-order chi connectivity index (χ0) is 48.1. The lowest BCUT2D eigenvalue weighted by molar-refractivity contribution is 0.487. The van der Waals surface area contributed by atoms with Crippen LogP contribution >= 0.6 is 0 Å². The maximum Gasteiger partial charge on any atom is 0.160 e. The summed E-state index contributed by atoms with van der Waals surface area (Å²) in [4.78, 5) is 8.54. The number of rotatable bonds is 4. The van der Waals surface area contributed by atoms with Crippen LogP contribution in [0.5, 0.6) is 11.5 Å². The standard InChI is InChI=1S/C38H24N2O/c1-3-9-25(10-4-1)26-17-19-27(20-18-26)33-24-34(40-38(39-33)29-11-5-2-6-12-29)30-21-22-35-32(23-30)31-15-7-13-28-14-8-16-36(41-35)37(28)31/h1-24H/i1D,2D,3D,4D,5D,6D,7D,8D,9D,10D,11D,12D,13D,14D,15D,16D,17D,18D,19D,20D,21D,22D,23D,24D. The minimum absolute atomic E-state index is 0.316. The largest absolute Gasteiger partial charge is 0.456 e. The van der Waals surface area contributed by atoms with Crippen molar-refractivity contribution < 1.29 is 37.6 Å².